The summed E-state index contributed by atoms with van der Waals surface area (Å²) in [6.07, 6.45) is -5.15. The van der Waals surface area contributed by atoms with Crippen LogP contribution in [0.25, 0.3) is 0 Å². The average Bonchev–Trinajstić information content (AvgIpc) is 2.61. The van der Waals surface area contributed by atoms with E-state index in [2.05, 4.69) is 10.1 Å². The number of hydrogen-bond acceptors (Lipinski definition) is 5. The van der Waals surface area contributed by atoms with Crippen molar-refractivity contribution in [1.29, 1.82) is 0 Å². The van der Waals surface area contributed by atoms with Gasteiger partial charge in [0.05, 0.1) is 18.7 Å². The van der Waals surface area contributed by atoms with E-state index >= 15 is 0 Å². The molecular weight excluding hydrogens is 351 g/mol. The molecule has 26 heavy (non-hydrogen) atoms. The van der Waals surface area contributed by atoms with E-state index in [0.29, 0.717) is 38.3 Å². The molecule has 2 rings (SSSR count). The Kier molecular flexibility index (Phi) is 6.60. The number of nitrogens with zero attached hydrogens (tertiary/aromatic N) is 2. The first-order valence-corrected chi connectivity index (χ1v) is 8.22. The summed E-state index contributed by atoms with van der Waals surface area (Å²) in [6, 6.07) is 4.81. The summed E-state index contributed by atoms with van der Waals surface area (Å²) in [5.74, 6) is -0.442. The zero-order valence-corrected chi connectivity index (χ0v) is 14.7. The number of hydrogen-bond donors (Lipinski definition) is 1. The van der Waals surface area contributed by atoms with Crippen LogP contribution in [-0.2, 0) is 22.3 Å². The second-order valence-corrected chi connectivity index (χ2v) is 6.17. The van der Waals surface area contributed by atoms with Crippen molar-refractivity contribution in [2.24, 2.45) is 0 Å². The zero-order valence-electron chi connectivity index (χ0n) is 14.7. The van der Waals surface area contributed by atoms with Crippen LogP contribution >= 0.6 is 0 Å². The van der Waals surface area contributed by atoms with Gasteiger partial charge in [-0.3, -0.25) is 19.9 Å². The maximum absolute atomic E-state index is 12.8. The van der Waals surface area contributed by atoms with Gasteiger partial charge in [0.25, 0.3) is 0 Å². The Labute approximate surface area is 149 Å². The normalized spacial score (nSPS) is 17.6. The number of imide groups is 1. The molecule has 2 amide bonds. The fourth-order valence-electron chi connectivity index (χ4n) is 2.83. The highest BCUT2D eigenvalue weighted by molar-refractivity contribution is 5.94. The standard InChI is InChI=1S/C17H22F3N3O3/c1-12(15(24)21-16(25)26-2)23-8-6-22(7-9-23)11-13-4-3-5-14(10-13)17(18,19)20/h3-5,10,12H,6-9,11H2,1-2H3,(H,21,24,25)/t12-/m0/s1. The first kappa shape index (κ1) is 20.2. The van der Waals surface area contributed by atoms with Crippen LogP contribution in [-0.4, -0.2) is 61.1 Å². The monoisotopic (exact) mass is 373 g/mol. The molecule has 144 valence electrons. The molecule has 9 heteroatoms. The lowest BCUT2D eigenvalue weighted by atomic mass is 10.1. The quantitative estimate of drug-likeness (QED) is 0.876. The van der Waals surface area contributed by atoms with Gasteiger partial charge in [0, 0.05) is 32.7 Å². The van der Waals surface area contributed by atoms with Gasteiger partial charge in [-0.15, -0.1) is 0 Å². The number of carbonyl (C=O) groups is 2. The average molecular weight is 373 g/mol. The van der Waals surface area contributed by atoms with Gasteiger partial charge in [0.2, 0.25) is 5.91 Å². The predicted molar refractivity (Wildman–Crippen MR) is 88.3 cm³/mol. The summed E-state index contributed by atoms with van der Waals surface area (Å²) in [5, 5.41) is 2.14. The second kappa shape index (κ2) is 8.50. The van der Waals surface area contributed by atoms with E-state index in [0.717, 1.165) is 6.07 Å². The highest BCUT2D eigenvalue weighted by atomic mass is 19.4. The molecule has 1 aromatic rings. The molecule has 0 unspecified atom stereocenters. The number of benzene rings is 1. The molecule has 1 aliphatic heterocycles. The molecule has 0 saturated carbocycles. The lowest BCUT2D eigenvalue weighted by molar-refractivity contribution is -0.137. The lowest BCUT2D eigenvalue weighted by Gasteiger charge is -2.37. The molecule has 1 aromatic carbocycles. The Morgan fingerprint density at radius 2 is 1.88 bits per heavy atom. The number of alkyl halides is 3. The van der Waals surface area contributed by atoms with E-state index in [1.165, 1.54) is 19.2 Å². The maximum atomic E-state index is 12.8. The number of nitrogens with one attached hydrogen (secondary N) is 1. The van der Waals surface area contributed by atoms with Crippen LogP contribution in [0.4, 0.5) is 18.0 Å². The van der Waals surface area contributed by atoms with E-state index in [9.17, 15) is 22.8 Å². The molecule has 0 aromatic heterocycles. The van der Waals surface area contributed by atoms with Gasteiger partial charge in [-0.05, 0) is 18.6 Å². The van der Waals surface area contributed by atoms with Crippen molar-refractivity contribution in [3.63, 3.8) is 0 Å². The second-order valence-electron chi connectivity index (χ2n) is 6.17. The minimum Gasteiger partial charge on any atom is -0.453 e. The Bertz CT molecular complexity index is 644. The largest absolute Gasteiger partial charge is 0.453 e. The third-order valence-electron chi connectivity index (χ3n) is 4.41. The first-order chi connectivity index (χ1) is 12.2. The van der Waals surface area contributed by atoms with Gasteiger partial charge in [-0.25, -0.2) is 4.79 Å². The zero-order chi connectivity index (χ0) is 19.3. The predicted octanol–water partition coefficient (Wildman–Crippen LogP) is 2.09. The van der Waals surface area contributed by atoms with Crippen LogP contribution in [0.2, 0.25) is 0 Å². The van der Waals surface area contributed by atoms with Gasteiger partial charge in [0.1, 0.15) is 0 Å². The van der Waals surface area contributed by atoms with Crippen molar-refractivity contribution in [3.8, 4) is 0 Å². The van der Waals surface area contributed by atoms with Gasteiger partial charge >= 0.3 is 12.3 Å². The van der Waals surface area contributed by atoms with E-state index in [-0.39, 0.29) is 0 Å². The fraction of sp³-hybridized carbons (Fsp3) is 0.529. The molecule has 6 nitrogen and oxygen atoms in total. The molecule has 1 fully saturated rings. The first-order valence-electron chi connectivity index (χ1n) is 8.22. The number of halogens is 3. The molecule has 1 heterocycles. The van der Waals surface area contributed by atoms with Crippen molar-refractivity contribution in [2.45, 2.75) is 25.7 Å². The highest BCUT2D eigenvalue weighted by Crippen LogP contribution is 2.29. The highest BCUT2D eigenvalue weighted by Gasteiger charge is 2.31. The molecule has 0 aliphatic carbocycles. The third kappa shape index (κ3) is 5.43. The van der Waals surface area contributed by atoms with E-state index in [1.807, 2.05) is 9.80 Å². The van der Waals surface area contributed by atoms with Crippen molar-refractivity contribution >= 4 is 12.0 Å². The topological polar surface area (TPSA) is 61.9 Å². The Hall–Kier alpha value is -2.13. The molecule has 0 radical (unpaired) electrons. The van der Waals surface area contributed by atoms with Gasteiger partial charge in [-0.1, -0.05) is 18.2 Å². The van der Waals surface area contributed by atoms with Crippen LogP contribution < -0.4 is 5.32 Å². The van der Waals surface area contributed by atoms with Gasteiger partial charge in [0.15, 0.2) is 0 Å². The molecule has 0 spiro atoms. The molecule has 1 N–H and O–H groups in total. The van der Waals surface area contributed by atoms with Crippen molar-refractivity contribution in [1.82, 2.24) is 15.1 Å². The summed E-state index contributed by atoms with van der Waals surface area (Å²) < 4.78 is 42.8. The molecular formula is C17H22F3N3O3. The summed E-state index contributed by atoms with van der Waals surface area (Å²) in [7, 11) is 1.18. The van der Waals surface area contributed by atoms with Crippen LogP contribution in [0.1, 0.15) is 18.1 Å². The number of ether oxygens (including phenoxy) is 1. The minimum absolute atomic E-state index is 0.417. The van der Waals surface area contributed by atoms with Crippen molar-refractivity contribution < 1.29 is 27.5 Å². The van der Waals surface area contributed by atoms with Crippen LogP contribution in [0.5, 0.6) is 0 Å². The smallest absolute Gasteiger partial charge is 0.416 e. The van der Waals surface area contributed by atoms with Crippen LogP contribution in [0, 0.1) is 0 Å². The summed E-state index contributed by atoms with van der Waals surface area (Å²) in [5.41, 5.74) is -0.0495. The lowest BCUT2D eigenvalue weighted by Crippen LogP contribution is -2.54. The van der Waals surface area contributed by atoms with Crippen molar-refractivity contribution in [3.05, 3.63) is 35.4 Å². The number of methoxy groups -OCH3 is 1. The van der Waals surface area contributed by atoms with Gasteiger partial charge < -0.3 is 4.74 Å². The summed E-state index contributed by atoms with van der Waals surface area (Å²) >= 11 is 0. The Balaban J connectivity index is 1.87. The minimum atomic E-state index is -4.35. The molecule has 1 atom stereocenters. The van der Waals surface area contributed by atoms with Crippen molar-refractivity contribution in [2.75, 3.05) is 33.3 Å². The third-order valence-corrected chi connectivity index (χ3v) is 4.41. The summed E-state index contributed by atoms with van der Waals surface area (Å²) in [6.45, 7) is 4.50. The SMILES string of the molecule is COC(=O)NC(=O)[C@H](C)N1CCN(Cc2cccc(C(F)(F)F)c2)CC1. The van der Waals surface area contributed by atoms with E-state index < -0.39 is 29.8 Å². The number of carbonyl (C=O) groups excluding carboxylic acids is 2. The number of amides is 2. The fourth-order valence-corrected chi connectivity index (χ4v) is 2.83. The van der Waals surface area contributed by atoms with Crippen LogP contribution in [0.15, 0.2) is 24.3 Å². The Morgan fingerprint density at radius 1 is 1.23 bits per heavy atom. The molecule has 0 bridgehead atoms. The van der Waals surface area contributed by atoms with E-state index in [1.54, 1.807) is 13.0 Å². The number of piperazine rings is 1. The maximum Gasteiger partial charge on any atom is 0.416 e. The molecule has 1 saturated heterocycles. The van der Waals surface area contributed by atoms with E-state index in [4.69, 9.17) is 0 Å². The number of alkyl carbamates (subject to hydrolysis) is 1. The molecule has 1 aliphatic rings. The van der Waals surface area contributed by atoms with Crippen LogP contribution in [0.3, 0.4) is 0 Å². The summed E-state index contributed by atoms with van der Waals surface area (Å²) in [4.78, 5) is 27.0. The Morgan fingerprint density at radius 3 is 2.46 bits per heavy atom. The van der Waals surface area contributed by atoms with Gasteiger partial charge in [-0.2, -0.15) is 13.2 Å². The number of rotatable bonds is 4.